The van der Waals surface area contributed by atoms with Gasteiger partial charge in [0.2, 0.25) is 0 Å². The van der Waals surface area contributed by atoms with E-state index in [0.29, 0.717) is 15.6 Å². The van der Waals surface area contributed by atoms with Crippen LogP contribution in [-0.4, -0.2) is 4.98 Å². The molecule has 3 aromatic rings. The van der Waals surface area contributed by atoms with Gasteiger partial charge in [-0.3, -0.25) is 4.98 Å². The molecule has 1 nitrogen and oxygen atoms in total. The van der Waals surface area contributed by atoms with E-state index in [0.717, 1.165) is 11.1 Å². The highest BCUT2D eigenvalue weighted by molar-refractivity contribution is 7.19. The van der Waals surface area contributed by atoms with Gasteiger partial charge < -0.3 is 0 Å². The molecule has 0 radical (unpaired) electrons. The van der Waals surface area contributed by atoms with Gasteiger partial charge in [-0.1, -0.05) is 0 Å². The SMILES string of the molecule is Cc1ncc(F)c(-c2c(C)sc3cc(F)ccc23)c1F. The first-order valence-electron chi connectivity index (χ1n) is 5.98. The first-order chi connectivity index (χ1) is 9.49. The molecule has 0 amide bonds. The van der Waals surface area contributed by atoms with Crippen molar-refractivity contribution in [3.8, 4) is 11.1 Å². The number of halogens is 3. The smallest absolute Gasteiger partial charge is 0.155 e. The molecular formula is C15H10F3NS. The van der Waals surface area contributed by atoms with E-state index in [1.165, 1.54) is 30.4 Å². The number of aryl methyl sites for hydroxylation is 2. The average molecular weight is 293 g/mol. The van der Waals surface area contributed by atoms with Gasteiger partial charge in [-0.15, -0.1) is 11.3 Å². The van der Waals surface area contributed by atoms with Gasteiger partial charge in [0, 0.05) is 20.5 Å². The number of rotatable bonds is 1. The molecule has 0 saturated heterocycles. The minimum atomic E-state index is -0.708. The molecule has 20 heavy (non-hydrogen) atoms. The number of benzene rings is 1. The number of thiophene rings is 1. The Bertz CT molecular complexity index is 824. The molecule has 0 N–H and O–H groups in total. The monoisotopic (exact) mass is 293 g/mol. The third kappa shape index (κ3) is 1.89. The lowest BCUT2D eigenvalue weighted by Gasteiger charge is -2.07. The van der Waals surface area contributed by atoms with Crippen LogP contribution in [0.5, 0.6) is 0 Å². The lowest BCUT2D eigenvalue weighted by molar-refractivity contribution is 0.571. The predicted octanol–water partition coefficient (Wildman–Crippen LogP) is 5.00. The Morgan fingerprint density at radius 1 is 1.05 bits per heavy atom. The van der Waals surface area contributed by atoms with Crippen LogP contribution in [0.2, 0.25) is 0 Å². The van der Waals surface area contributed by atoms with Crippen molar-refractivity contribution in [2.75, 3.05) is 0 Å². The second-order valence-electron chi connectivity index (χ2n) is 4.55. The minimum absolute atomic E-state index is 0.0899. The number of hydrogen-bond donors (Lipinski definition) is 0. The second-order valence-corrected chi connectivity index (χ2v) is 5.81. The van der Waals surface area contributed by atoms with E-state index in [1.807, 2.05) is 0 Å². The lowest BCUT2D eigenvalue weighted by atomic mass is 10.0. The molecule has 0 aliphatic carbocycles. The van der Waals surface area contributed by atoms with E-state index in [4.69, 9.17) is 0 Å². The molecule has 0 spiro atoms. The molecule has 102 valence electrons. The number of hydrogen-bond acceptors (Lipinski definition) is 2. The Labute approximate surface area is 117 Å². The summed E-state index contributed by atoms with van der Waals surface area (Å²) < 4.78 is 42.2. The summed E-state index contributed by atoms with van der Waals surface area (Å²) in [6.45, 7) is 3.26. The molecular weight excluding hydrogens is 283 g/mol. The first kappa shape index (κ1) is 13.1. The van der Waals surface area contributed by atoms with E-state index in [1.54, 1.807) is 13.0 Å². The molecule has 3 rings (SSSR count). The van der Waals surface area contributed by atoms with Gasteiger partial charge in [-0.2, -0.15) is 0 Å². The van der Waals surface area contributed by atoms with Gasteiger partial charge in [0.05, 0.1) is 17.5 Å². The second kappa shape index (κ2) is 4.59. The van der Waals surface area contributed by atoms with Crippen molar-refractivity contribution in [2.45, 2.75) is 13.8 Å². The van der Waals surface area contributed by atoms with Gasteiger partial charge in [0.25, 0.3) is 0 Å². The van der Waals surface area contributed by atoms with Crippen molar-refractivity contribution in [1.29, 1.82) is 0 Å². The summed E-state index contributed by atoms with van der Waals surface area (Å²) >= 11 is 1.32. The molecule has 0 aliphatic heterocycles. The Balaban J connectivity index is 2.41. The van der Waals surface area contributed by atoms with E-state index >= 15 is 0 Å². The van der Waals surface area contributed by atoms with Crippen LogP contribution < -0.4 is 0 Å². The Morgan fingerprint density at radius 3 is 2.55 bits per heavy atom. The van der Waals surface area contributed by atoms with Gasteiger partial charge in [-0.05, 0) is 32.0 Å². The Morgan fingerprint density at radius 2 is 1.80 bits per heavy atom. The summed E-state index contributed by atoms with van der Waals surface area (Å²) in [7, 11) is 0. The molecule has 0 fully saturated rings. The van der Waals surface area contributed by atoms with Crippen molar-refractivity contribution in [3.05, 3.63) is 52.4 Å². The van der Waals surface area contributed by atoms with Crippen LogP contribution in [0.15, 0.2) is 24.4 Å². The van der Waals surface area contributed by atoms with Gasteiger partial charge in [-0.25, -0.2) is 13.2 Å². The summed E-state index contributed by atoms with van der Waals surface area (Å²) in [5.41, 5.74) is 0.528. The summed E-state index contributed by atoms with van der Waals surface area (Å²) in [4.78, 5) is 4.41. The lowest BCUT2D eigenvalue weighted by Crippen LogP contribution is -1.97. The van der Waals surface area contributed by atoms with Crippen molar-refractivity contribution in [1.82, 2.24) is 4.98 Å². The van der Waals surface area contributed by atoms with Gasteiger partial charge in [0.1, 0.15) is 5.82 Å². The Hall–Kier alpha value is -1.88. The zero-order chi connectivity index (χ0) is 14.4. The fourth-order valence-electron chi connectivity index (χ4n) is 2.29. The van der Waals surface area contributed by atoms with E-state index in [-0.39, 0.29) is 17.1 Å². The third-order valence-electron chi connectivity index (χ3n) is 3.23. The molecule has 0 unspecified atom stereocenters. The fraction of sp³-hybridized carbons (Fsp3) is 0.133. The molecule has 0 bridgehead atoms. The summed E-state index contributed by atoms with van der Waals surface area (Å²) in [5.74, 6) is -1.74. The first-order valence-corrected chi connectivity index (χ1v) is 6.80. The van der Waals surface area contributed by atoms with Crippen LogP contribution in [0.3, 0.4) is 0 Å². The highest BCUT2D eigenvalue weighted by Crippen LogP contribution is 2.40. The zero-order valence-corrected chi connectivity index (χ0v) is 11.6. The topological polar surface area (TPSA) is 12.9 Å². The van der Waals surface area contributed by atoms with Crippen molar-refractivity contribution >= 4 is 21.4 Å². The van der Waals surface area contributed by atoms with Crippen LogP contribution in [0.4, 0.5) is 13.2 Å². The van der Waals surface area contributed by atoms with Crippen LogP contribution in [-0.2, 0) is 0 Å². The normalized spacial score (nSPS) is 11.2. The Kier molecular flexibility index (Phi) is 3.01. The molecule has 5 heteroatoms. The highest BCUT2D eigenvalue weighted by Gasteiger charge is 2.20. The number of fused-ring (bicyclic) bond motifs is 1. The van der Waals surface area contributed by atoms with Crippen LogP contribution in [0.25, 0.3) is 21.2 Å². The zero-order valence-electron chi connectivity index (χ0n) is 10.8. The standard InChI is InChI=1S/C15H10F3NS/c1-7-15(18)14(11(17)6-19-7)13-8(2)20-12-5-9(16)3-4-10(12)13/h3-6H,1-2H3. The maximum atomic E-state index is 14.2. The fourth-order valence-corrected chi connectivity index (χ4v) is 3.39. The van der Waals surface area contributed by atoms with Gasteiger partial charge >= 0.3 is 0 Å². The number of nitrogens with zero attached hydrogens (tertiary/aromatic N) is 1. The van der Waals surface area contributed by atoms with Crippen LogP contribution in [0, 0.1) is 31.3 Å². The van der Waals surface area contributed by atoms with Crippen molar-refractivity contribution < 1.29 is 13.2 Å². The molecule has 0 aliphatic rings. The molecule has 1 aromatic carbocycles. The third-order valence-corrected chi connectivity index (χ3v) is 4.29. The molecule has 0 saturated carbocycles. The highest BCUT2D eigenvalue weighted by atomic mass is 32.1. The van der Waals surface area contributed by atoms with Gasteiger partial charge in [0.15, 0.2) is 11.6 Å². The number of pyridine rings is 1. The van der Waals surface area contributed by atoms with Crippen LogP contribution in [0.1, 0.15) is 10.6 Å². The molecule has 2 heterocycles. The largest absolute Gasteiger partial charge is 0.255 e. The van der Waals surface area contributed by atoms with Crippen molar-refractivity contribution in [2.24, 2.45) is 0 Å². The van der Waals surface area contributed by atoms with Crippen LogP contribution >= 0.6 is 11.3 Å². The maximum Gasteiger partial charge on any atom is 0.155 e. The summed E-state index contributed by atoms with van der Waals surface area (Å²) in [6, 6.07) is 4.22. The summed E-state index contributed by atoms with van der Waals surface area (Å²) in [5, 5.41) is 0.650. The average Bonchev–Trinajstić information content (AvgIpc) is 2.70. The maximum absolute atomic E-state index is 14.2. The van der Waals surface area contributed by atoms with E-state index in [9.17, 15) is 13.2 Å². The summed E-state index contributed by atoms with van der Waals surface area (Å²) in [6.07, 6.45) is 1.01. The van der Waals surface area contributed by atoms with Crippen molar-refractivity contribution in [3.63, 3.8) is 0 Å². The number of aromatic nitrogens is 1. The minimum Gasteiger partial charge on any atom is -0.255 e. The quantitative estimate of drug-likeness (QED) is 0.615. The van der Waals surface area contributed by atoms with E-state index < -0.39 is 11.6 Å². The molecule has 0 atom stereocenters. The predicted molar refractivity (Wildman–Crippen MR) is 74.4 cm³/mol. The molecule has 2 aromatic heterocycles. The van der Waals surface area contributed by atoms with E-state index in [2.05, 4.69) is 4.98 Å².